The van der Waals surface area contributed by atoms with E-state index >= 15 is 0 Å². The molecule has 0 aliphatic heterocycles. The Hall–Kier alpha value is -1.42. The molecule has 4 heteroatoms. The summed E-state index contributed by atoms with van der Waals surface area (Å²) in [7, 11) is 7.07. The lowest BCUT2D eigenvalue weighted by atomic mass is 9.96. The number of hydrogen-bond acceptors (Lipinski definition) is 4. The first-order chi connectivity index (χ1) is 7.81. The standard InChI is InChI=1S/C13H21NO3/c1-13(2,15)9-7-12(17-6)10(14(3)4)8-11(9)16-5/h7-8,15H,1-6H3. The number of methoxy groups -OCH3 is 2. The maximum absolute atomic E-state index is 10.1. The fourth-order valence-corrected chi connectivity index (χ4v) is 1.71. The van der Waals surface area contributed by atoms with Crippen LogP contribution in [-0.4, -0.2) is 33.4 Å². The van der Waals surface area contributed by atoms with E-state index in [9.17, 15) is 5.11 Å². The van der Waals surface area contributed by atoms with Gasteiger partial charge in [0.1, 0.15) is 11.5 Å². The molecule has 0 aliphatic rings. The Kier molecular flexibility index (Phi) is 3.88. The molecule has 0 saturated carbocycles. The van der Waals surface area contributed by atoms with Gasteiger partial charge in [0, 0.05) is 25.7 Å². The van der Waals surface area contributed by atoms with Crippen molar-refractivity contribution in [2.45, 2.75) is 19.4 Å². The molecule has 0 fully saturated rings. The Morgan fingerprint density at radius 3 is 1.94 bits per heavy atom. The second-order valence-electron chi connectivity index (χ2n) is 4.68. The molecule has 0 spiro atoms. The van der Waals surface area contributed by atoms with Crippen LogP contribution < -0.4 is 14.4 Å². The van der Waals surface area contributed by atoms with Crippen LogP contribution in [0.2, 0.25) is 0 Å². The van der Waals surface area contributed by atoms with Crippen LogP contribution in [0.4, 0.5) is 5.69 Å². The fraction of sp³-hybridized carbons (Fsp3) is 0.538. The highest BCUT2D eigenvalue weighted by atomic mass is 16.5. The van der Waals surface area contributed by atoms with E-state index in [1.807, 2.05) is 31.1 Å². The SMILES string of the molecule is COc1cc(C(C)(C)O)c(OC)cc1N(C)C. The number of aliphatic hydroxyl groups is 1. The Balaban J connectivity index is 3.44. The molecule has 96 valence electrons. The molecule has 0 aromatic heterocycles. The zero-order chi connectivity index (χ0) is 13.2. The van der Waals surface area contributed by atoms with Gasteiger partial charge >= 0.3 is 0 Å². The summed E-state index contributed by atoms with van der Waals surface area (Å²) in [6.45, 7) is 3.44. The first kappa shape index (κ1) is 13.6. The zero-order valence-corrected chi connectivity index (χ0v) is 11.4. The summed E-state index contributed by atoms with van der Waals surface area (Å²) in [6.07, 6.45) is 0. The third-order valence-corrected chi connectivity index (χ3v) is 2.64. The van der Waals surface area contributed by atoms with E-state index in [1.54, 1.807) is 28.1 Å². The molecule has 1 aromatic carbocycles. The van der Waals surface area contributed by atoms with E-state index in [-0.39, 0.29) is 0 Å². The lowest BCUT2D eigenvalue weighted by Gasteiger charge is -2.25. The summed E-state index contributed by atoms with van der Waals surface area (Å²) in [5.41, 5.74) is 0.656. The number of hydrogen-bond donors (Lipinski definition) is 1. The molecule has 0 saturated heterocycles. The van der Waals surface area contributed by atoms with Gasteiger partial charge in [-0.1, -0.05) is 0 Å². The minimum Gasteiger partial charge on any atom is -0.496 e. The van der Waals surface area contributed by atoms with Crippen molar-refractivity contribution < 1.29 is 14.6 Å². The lowest BCUT2D eigenvalue weighted by Crippen LogP contribution is -2.18. The molecule has 0 amide bonds. The number of nitrogens with zero attached hydrogens (tertiary/aromatic N) is 1. The largest absolute Gasteiger partial charge is 0.496 e. The smallest absolute Gasteiger partial charge is 0.142 e. The highest BCUT2D eigenvalue weighted by Gasteiger charge is 2.23. The Morgan fingerprint density at radius 1 is 1.06 bits per heavy atom. The summed E-state index contributed by atoms with van der Waals surface area (Å²) >= 11 is 0. The van der Waals surface area contributed by atoms with E-state index in [2.05, 4.69) is 0 Å². The van der Waals surface area contributed by atoms with Crippen molar-refractivity contribution in [3.05, 3.63) is 17.7 Å². The van der Waals surface area contributed by atoms with E-state index in [0.717, 1.165) is 5.69 Å². The molecular formula is C13H21NO3. The van der Waals surface area contributed by atoms with E-state index in [1.165, 1.54) is 0 Å². The van der Waals surface area contributed by atoms with Crippen LogP contribution in [0.25, 0.3) is 0 Å². The van der Waals surface area contributed by atoms with Crippen molar-refractivity contribution in [3.8, 4) is 11.5 Å². The van der Waals surface area contributed by atoms with Crippen molar-refractivity contribution in [2.24, 2.45) is 0 Å². The van der Waals surface area contributed by atoms with Gasteiger partial charge in [0.2, 0.25) is 0 Å². The molecule has 0 radical (unpaired) electrons. The summed E-state index contributed by atoms with van der Waals surface area (Å²) in [4.78, 5) is 1.94. The molecule has 0 aliphatic carbocycles. The van der Waals surface area contributed by atoms with Crippen LogP contribution in [0.1, 0.15) is 19.4 Å². The topological polar surface area (TPSA) is 41.9 Å². The average molecular weight is 239 g/mol. The van der Waals surface area contributed by atoms with Crippen LogP contribution in [0, 0.1) is 0 Å². The summed E-state index contributed by atoms with van der Waals surface area (Å²) in [5, 5.41) is 10.1. The Morgan fingerprint density at radius 2 is 1.59 bits per heavy atom. The van der Waals surface area contributed by atoms with Crippen molar-refractivity contribution in [2.75, 3.05) is 33.2 Å². The first-order valence-corrected chi connectivity index (χ1v) is 5.47. The summed E-state index contributed by atoms with van der Waals surface area (Å²) < 4.78 is 10.7. The highest BCUT2D eigenvalue weighted by Crippen LogP contribution is 2.39. The number of anilines is 1. The third kappa shape index (κ3) is 2.82. The molecule has 4 nitrogen and oxygen atoms in total. The van der Waals surface area contributed by atoms with Crippen molar-refractivity contribution >= 4 is 5.69 Å². The van der Waals surface area contributed by atoms with Gasteiger partial charge in [0.15, 0.2) is 0 Å². The molecule has 17 heavy (non-hydrogen) atoms. The quantitative estimate of drug-likeness (QED) is 0.872. The Labute approximate surface area is 103 Å². The van der Waals surface area contributed by atoms with Crippen molar-refractivity contribution in [1.82, 2.24) is 0 Å². The first-order valence-electron chi connectivity index (χ1n) is 5.47. The van der Waals surface area contributed by atoms with Gasteiger partial charge in [0.25, 0.3) is 0 Å². The monoisotopic (exact) mass is 239 g/mol. The van der Waals surface area contributed by atoms with Crippen LogP contribution in [0.5, 0.6) is 11.5 Å². The molecular weight excluding hydrogens is 218 g/mol. The number of ether oxygens (including phenoxy) is 2. The van der Waals surface area contributed by atoms with Crippen molar-refractivity contribution in [1.29, 1.82) is 0 Å². The Bertz CT molecular complexity index is 394. The number of benzene rings is 1. The second-order valence-corrected chi connectivity index (χ2v) is 4.68. The summed E-state index contributed by atoms with van der Waals surface area (Å²) in [5.74, 6) is 1.37. The van der Waals surface area contributed by atoms with Crippen molar-refractivity contribution in [3.63, 3.8) is 0 Å². The minimum absolute atomic E-state index is 0.655. The lowest BCUT2D eigenvalue weighted by molar-refractivity contribution is 0.0754. The average Bonchev–Trinajstić information content (AvgIpc) is 2.25. The normalized spacial score (nSPS) is 11.2. The predicted octanol–water partition coefficient (Wildman–Crippen LogP) is 2.00. The maximum atomic E-state index is 10.1. The van der Waals surface area contributed by atoms with Crippen LogP contribution in [0.15, 0.2) is 12.1 Å². The van der Waals surface area contributed by atoms with Crippen LogP contribution in [-0.2, 0) is 5.60 Å². The predicted molar refractivity (Wildman–Crippen MR) is 69.1 cm³/mol. The van der Waals surface area contributed by atoms with Gasteiger partial charge < -0.3 is 19.5 Å². The molecule has 1 aromatic rings. The number of rotatable bonds is 4. The molecule has 0 unspecified atom stereocenters. The second kappa shape index (κ2) is 4.84. The fourth-order valence-electron chi connectivity index (χ4n) is 1.71. The van der Waals surface area contributed by atoms with Crippen LogP contribution in [0.3, 0.4) is 0 Å². The van der Waals surface area contributed by atoms with Gasteiger partial charge in [-0.3, -0.25) is 0 Å². The van der Waals surface area contributed by atoms with E-state index < -0.39 is 5.60 Å². The minimum atomic E-state index is -0.969. The van der Waals surface area contributed by atoms with Gasteiger partial charge in [-0.25, -0.2) is 0 Å². The van der Waals surface area contributed by atoms with Gasteiger partial charge in [0.05, 0.1) is 25.5 Å². The highest BCUT2D eigenvalue weighted by molar-refractivity contribution is 5.64. The van der Waals surface area contributed by atoms with E-state index in [4.69, 9.17) is 9.47 Å². The third-order valence-electron chi connectivity index (χ3n) is 2.64. The maximum Gasteiger partial charge on any atom is 0.142 e. The van der Waals surface area contributed by atoms with Crippen LogP contribution >= 0.6 is 0 Å². The van der Waals surface area contributed by atoms with Gasteiger partial charge in [-0.05, 0) is 19.9 Å². The molecule has 1 rings (SSSR count). The molecule has 0 atom stereocenters. The van der Waals surface area contributed by atoms with E-state index in [0.29, 0.717) is 17.1 Å². The summed E-state index contributed by atoms with van der Waals surface area (Å²) in [6, 6.07) is 3.68. The molecule has 1 N–H and O–H groups in total. The van der Waals surface area contributed by atoms with Gasteiger partial charge in [-0.2, -0.15) is 0 Å². The molecule has 0 heterocycles. The van der Waals surface area contributed by atoms with Gasteiger partial charge in [-0.15, -0.1) is 0 Å². The zero-order valence-electron chi connectivity index (χ0n) is 11.4. The molecule has 0 bridgehead atoms.